The number of hydrogen-bond acceptors (Lipinski definition) is 4. The summed E-state index contributed by atoms with van der Waals surface area (Å²) in [4.78, 5) is 18.7. The maximum atomic E-state index is 12.6. The molecule has 3 fully saturated rings. The van der Waals surface area contributed by atoms with Crippen LogP contribution in [0.25, 0.3) is 0 Å². The number of amides is 1. The molecule has 0 radical (unpaired) electrons. The molecule has 2 unspecified atom stereocenters. The zero-order valence-corrected chi connectivity index (χ0v) is 14.5. The summed E-state index contributed by atoms with van der Waals surface area (Å²) in [5, 5.41) is 2.06. The van der Waals surface area contributed by atoms with Gasteiger partial charge in [0.15, 0.2) is 0 Å². The van der Waals surface area contributed by atoms with Crippen LogP contribution in [0, 0.1) is 5.92 Å². The molecule has 0 aromatic carbocycles. The molecular formula is C18H26N2O2S. The summed E-state index contributed by atoms with van der Waals surface area (Å²) >= 11 is 1.69. The maximum absolute atomic E-state index is 12.6. The molecule has 1 aromatic heterocycles. The summed E-state index contributed by atoms with van der Waals surface area (Å²) in [7, 11) is 0. The molecule has 5 heteroatoms. The number of hydrogen-bond donors (Lipinski definition) is 0. The molecule has 3 aliphatic rings. The van der Waals surface area contributed by atoms with Crippen LogP contribution >= 0.6 is 11.3 Å². The molecule has 0 N–H and O–H groups in total. The lowest BCUT2D eigenvalue weighted by molar-refractivity contribution is -0.131. The van der Waals surface area contributed by atoms with Crippen molar-refractivity contribution in [3.63, 3.8) is 0 Å². The van der Waals surface area contributed by atoms with E-state index in [-0.39, 0.29) is 0 Å². The fourth-order valence-electron chi connectivity index (χ4n) is 4.54. The Bertz CT molecular complexity index is 527. The predicted octanol–water partition coefficient (Wildman–Crippen LogP) is 2.39. The number of ether oxygens (including phenoxy) is 1. The van der Waals surface area contributed by atoms with Crippen molar-refractivity contribution in [2.45, 2.75) is 44.2 Å². The highest BCUT2D eigenvalue weighted by Crippen LogP contribution is 2.33. The molecule has 4 heterocycles. The van der Waals surface area contributed by atoms with Crippen molar-refractivity contribution in [2.24, 2.45) is 5.92 Å². The van der Waals surface area contributed by atoms with Crippen LogP contribution in [0.4, 0.5) is 0 Å². The predicted molar refractivity (Wildman–Crippen MR) is 91.7 cm³/mol. The van der Waals surface area contributed by atoms with Crippen molar-refractivity contribution >= 4 is 17.2 Å². The topological polar surface area (TPSA) is 32.8 Å². The van der Waals surface area contributed by atoms with Crippen molar-refractivity contribution in [2.75, 3.05) is 32.8 Å². The van der Waals surface area contributed by atoms with Gasteiger partial charge in [0.05, 0.1) is 6.42 Å². The Morgan fingerprint density at radius 3 is 2.78 bits per heavy atom. The Morgan fingerprint density at radius 1 is 1.17 bits per heavy atom. The van der Waals surface area contributed by atoms with Gasteiger partial charge in [0, 0.05) is 49.8 Å². The Labute approximate surface area is 142 Å². The van der Waals surface area contributed by atoms with E-state index in [1.165, 1.54) is 24.3 Å². The van der Waals surface area contributed by atoms with Crippen LogP contribution in [0.1, 0.15) is 30.6 Å². The molecule has 126 valence electrons. The number of nitrogens with zero attached hydrogens (tertiary/aromatic N) is 2. The average molecular weight is 334 g/mol. The minimum Gasteiger partial charge on any atom is -0.381 e. The third-order valence-electron chi connectivity index (χ3n) is 5.75. The molecule has 2 atom stereocenters. The van der Waals surface area contributed by atoms with Gasteiger partial charge in [0.1, 0.15) is 0 Å². The van der Waals surface area contributed by atoms with Crippen LogP contribution in [0.5, 0.6) is 0 Å². The monoisotopic (exact) mass is 334 g/mol. The summed E-state index contributed by atoms with van der Waals surface area (Å²) in [5.41, 5.74) is 0. The zero-order valence-electron chi connectivity index (χ0n) is 13.7. The van der Waals surface area contributed by atoms with Gasteiger partial charge in [-0.05, 0) is 43.0 Å². The summed E-state index contributed by atoms with van der Waals surface area (Å²) in [6.45, 7) is 5.17. The molecule has 0 aliphatic carbocycles. The fourth-order valence-corrected chi connectivity index (χ4v) is 5.23. The van der Waals surface area contributed by atoms with Crippen molar-refractivity contribution in [1.29, 1.82) is 0 Å². The summed E-state index contributed by atoms with van der Waals surface area (Å²) in [6, 6.07) is 5.17. The first-order valence-electron chi connectivity index (χ1n) is 8.95. The van der Waals surface area contributed by atoms with Crippen molar-refractivity contribution in [1.82, 2.24) is 9.80 Å². The number of likely N-dealkylation sites (tertiary alicyclic amines) is 2. The highest BCUT2D eigenvalue weighted by molar-refractivity contribution is 7.10. The van der Waals surface area contributed by atoms with Gasteiger partial charge in [-0.1, -0.05) is 6.07 Å². The quantitative estimate of drug-likeness (QED) is 0.848. The van der Waals surface area contributed by atoms with Crippen LogP contribution < -0.4 is 0 Å². The molecule has 3 aliphatic heterocycles. The molecule has 0 bridgehead atoms. The van der Waals surface area contributed by atoms with E-state index in [9.17, 15) is 4.79 Å². The van der Waals surface area contributed by atoms with E-state index < -0.39 is 0 Å². The lowest BCUT2D eigenvalue weighted by Gasteiger charge is -2.30. The largest absolute Gasteiger partial charge is 0.381 e. The van der Waals surface area contributed by atoms with E-state index in [2.05, 4.69) is 21.2 Å². The average Bonchev–Trinajstić information content (AvgIpc) is 3.27. The van der Waals surface area contributed by atoms with E-state index in [0.29, 0.717) is 24.4 Å². The molecule has 23 heavy (non-hydrogen) atoms. The van der Waals surface area contributed by atoms with Gasteiger partial charge in [-0.2, -0.15) is 0 Å². The molecule has 1 aromatic rings. The Hall–Kier alpha value is -0.910. The summed E-state index contributed by atoms with van der Waals surface area (Å²) in [6.07, 6.45) is 5.30. The van der Waals surface area contributed by atoms with Crippen molar-refractivity contribution < 1.29 is 9.53 Å². The first kappa shape index (κ1) is 15.6. The second-order valence-corrected chi connectivity index (χ2v) is 8.14. The van der Waals surface area contributed by atoms with Crippen molar-refractivity contribution in [3.8, 4) is 0 Å². The van der Waals surface area contributed by atoms with Gasteiger partial charge in [0.25, 0.3) is 0 Å². The Kier molecular flexibility index (Phi) is 4.69. The second kappa shape index (κ2) is 6.91. The summed E-state index contributed by atoms with van der Waals surface area (Å²) in [5.74, 6) is 1.12. The van der Waals surface area contributed by atoms with Gasteiger partial charge in [-0.15, -0.1) is 11.3 Å². The van der Waals surface area contributed by atoms with Crippen molar-refractivity contribution in [3.05, 3.63) is 22.4 Å². The molecule has 4 nitrogen and oxygen atoms in total. The molecule has 0 spiro atoms. The fraction of sp³-hybridized carbons (Fsp3) is 0.722. The van der Waals surface area contributed by atoms with E-state index in [4.69, 9.17) is 4.74 Å². The van der Waals surface area contributed by atoms with Gasteiger partial charge in [-0.25, -0.2) is 0 Å². The number of fused-ring (bicyclic) bond motifs is 1. The molecule has 4 rings (SSSR count). The molecule has 0 saturated carbocycles. The number of rotatable bonds is 4. The van der Waals surface area contributed by atoms with Crippen LogP contribution in [-0.4, -0.2) is 60.6 Å². The zero-order chi connectivity index (χ0) is 15.6. The summed E-state index contributed by atoms with van der Waals surface area (Å²) < 4.78 is 5.48. The van der Waals surface area contributed by atoms with E-state index in [1.807, 2.05) is 6.07 Å². The van der Waals surface area contributed by atoms with Crippen LogP contribution in [-0.2, 0) is 16.0 Å². The van der Waals surface area contributed by atoms with E-state index in [1.54, 1.807) is 11.3 Å². The van der Waals surface area contributed by atoms with Gasteiger partial charge in [0.2, 0.25) is 5.91 Å². The van der Waals surface area contributed by atoms with E-state index in [0.717, 1.165) is 45.1 Å². The van der Waals surface area contributed by atoms with Gasteiger partial charge >= 0.3 is 0 Å². The number of thiophene rings is 1. The second-order valence-electron chi connectivity index (χ2n) is 7.11. The Morgan fingerprint density at radius 2 is 2.00 bits per heavy atom. The standard InChI is InChI=1S/C18H26N2O2S/c21-18(12-15-2-1-11-23-15)20-8-4-16-17(20)3-7-19(16)13-14-5-9-22-10-6-14/h1-2,11,14,16-17H,3-10,12-13H2. The van der Waals surface area contributed by atoms with E-state index >= 15 is 0 Å². The lowest BCUT2D eigenvalue weighted by atomic mass is 9.99. The Balaban J connectivity index is 1.34. The minimum absolute atomic E-state index is 0.327. The number of carbonyl (C=O) groups excluding carboxylic acids is 1. The minimum atomic E-state index is 0.327. The third kappa shape index (κ3) is 3.32. The highest BCUT2D eigenvalue weighted by Gasteiger charge is 2.44. The molecule has 3 saturated heterocycles. The lowest BCUT2D eigenvalue weighted by Crippen LogP contribution is -2.41. The van der Waals surface area contributed by atoms with Gasteiger partial charge < -0.3 is 9.64 Å². The third-order valence-corrected chi connectivity index (χ3v) is 6.63. The smallest absolute Gasteiger partial charge is 0.228 e. The van der Waals surface area contributed by atoms with Crippen LogP contribution in [0.2, 0.25) is 0 Å². The number of carbonyl (C=O) groups is 1. The first-order chi connectivity index (χ1) is 11.3. The molecule has 1 amide bonds. The highest BCUT2D eigenvalue weighted by atomic mass is 32.1. The van der Waals surface area contributed by atoms with Crippen LogP contribution in [0.3, 0.4) is 0 Å². The molecular weight excluding hydrogens is 308 g/mol. The normalized spacial score (nSPS) is 29.1. The SMILES string of the molecule is O=C(Cc1cccs1)N1CCC2C1CCN2CC1CCOCC1. The van der Waals surface area contributed by atoms with Crippen LogP contribution in [0.15, 0.2) is 17.5 Å². The maximum Gasteiger partial charge on any atom is 0.228 e. The van der Waals surface area contributed by atoms with Gasteiger partial charge in [-0.3, -0.25) is 9.69 Å². The first-order valence-corrected chi connectivity index (χ1v) is 9.83.